The molecule has 1 aromatic carbocycles. The first-order chi connectivity index (χ1) is 19.4. The van der Waals surface area contributed by atoms with Crippen LogP contribution in [-0.2, 0) is 30.3 Å². The van der Waals surface area contributed by atoms with E-state index in [-0.39, 0.29) is 29.1 Å². The summed E-state index contributed by atoms with van der Waals surface area (Å²) < 4.78 is 49.6. The number of terminal acetylenes is 1. The summed E-state index contributed by atoms with van der Waals surface area (Å²) in [5.74, 6) is 2.14. The average Bonchev–Trinajstić information content (AvgIpc) is 3.53. The highest BCUT2D eigenvalue weighted by Crippen LogP contribution is 2.36. The Morgan fingerprint density at radius 1 is 1.20 bits per heavy atom. The van der Waals surface area contributed by atoms with Crippen LogP contribution in [0.15, 0.2) is 43.0 Å². The molecule has 4 rings (SSSR count). The fourth-order valence-electron chi connectivity index (χ4n) is 4.46. The van der Waals surface area contributed by atoms with E-state index in [2.05, 4.69) is 47.1 Å². The van der Waals surface area contributed by atoms with E-state index in [9.17, 15) is 18.0 Å². The number of benzene rings is 1. The molecule has 3 aromatic heterocycles. The number of carbonyl (C=O) groups is 1. The third kappa shape index (κ3) is 7.13. The van der Waals surface area contributed by atoms with Crippen LogP contribution in [0.3, 0.4) is 0 Å². The molecule has 0 fully saturated rings. The van der Waals surface area contributed by atoms with Gasteiger partial charge in [-0.3, -0.25) is 18.9 Å². The zero-order chi connectivity index (χ0) is 29.8. The zero-order valence-corrected chi connectivity index (χ0v) is 23.5. The number of halogens is 3. The van der Waals surface area contributed by atoms with Crippen molar-refractivity contribution >= 4 is 11.6 Å². The highest BCUT2D eigenvalue weighted by molar-refractivity contribution is 5.95. The van der Waals surface area contributed by atoms with Gasteiger partial charge in [-0.25, -0.2) is 4.98 Å². The van der Waals surface area contributed by atoms with Gasteiger partial charge in [-0.05, 0) is 29.0 Å². The van der Waals surface area contributed by atoms with Gasteiger partial charge in [-0.2, -0.15) is 18.3 Å². The minimum atomic E-state index is -4.67. The van der Waals surface area contributed by atoms with E-state index in [4.69, 9.17) is 11.2 Å². The normalized spacial score (nSPS) is 12.0. The molecule has 216 valence electrons. The lowest BCUT2D eigenvalue weighted by Crippen LogP contribution is -2.29. The molecule has 0 unspecified atom stereocenters. The predicted molar refractivity (Wildman–Crippen MR) is 149 cm³/mol. The lowest BCUT2D eigenvalue weighted by atomic mass is 9.98. The van der Waals surface area contributed by atoms with Crippen molar-refractivity contribution in [2.45, 2.75) is 53.3 Å². The Hall–Kier alpha value is -4.17. The lowest BCUT2D eigenvalue weighted by Gasteiger charge is -2.18. The molecule has 11 heteroatoms. The topological polar surface area (TPSA) is 86.3 Å². The second-order valence-corrected chi connectivity index (χ2v) is 10.9. The van der Waals surface area contributed by atoms with Gasteiger partial charge in [0.05, 0.1) is 36.4 Å². The fraction of sp³-hybridized carbons (Fsp3) is 0.400. The standard InChI is InChI=1S/C30H33F3N6O2/c1-6-12-38-18-23(26(37-38)30(31,32)33)25-17-36-27-24(34-10-13-39(25)27)16-20-8-9-22(21(7-2)15-20)28(40)35-11-14-41-19-29(3,4)5/h1,8-10,13,15,17-18H,7,11-12,14,16,19H2,2-5H3,(H,35,40). The summed E-state index contributed by atoms with van der Waals surface area (Å²) in [7, 11) is 0. The summed E-state index contributed by atoms with van der Waals surface area (Å²) in [6.07, 6.45) is 7.37. The predicted octanol–water partition coefficient (Wildman–Crippen LogP) is 5.19. The third-order valence-electron chi connectivity index (χ3n) is 6.29. The lowest BCUT2D eigenvalue weighted by molar-refractivity contribution is -0.141. The summed E-state index contributed by atoms with van der Waals surface area (Å²) in [6, 6.07) is 5.59. The molecular weight excluding hydrogens is 533 g/mol. The van der Waals surface area contributed by atoms with Gasteiger partial charge in [0.25, 0.3) is 5.91 Å². The molecule has 0 spiro atoms. The van der Waals surface area contributed by atoms with Crippen LogP contribution in [0.1, 0.15) is 60.6 Å². The van der Waals surface area contributed by atoms with Crippen molar-refractivity contribution in [2.75, 3.05) is 19.8 Å². The Morgan fingerprint density at radius 3 is 2.66 bits per heavy atom. The number of nitrogens with zero attached hydrogens (tertiary/aromatic N) is 5. The van der Waals surface area contributed by atoms with E-state index >= 15 is 0 Å². The van der Waals surface area contributed by atoms with Crippen molar-refractivity contribution in [3.8, 4) is 23.6 Å². The minimum Gasteiger partial charge on any atom is -0.379 e. The van der Waals surface area contributed by atoms with Gasteiger partial charge in [0.1, 0.15) is 6.54 Å². The molecule has 0 aliphatic rings. The number of aromatic nitrogens is 5. The monoisotopic (exact) mass is 566 g/mol. The summed E-state index contributed by atoms with van der Waals surface area (Å²) in [5.41, 5.74) is 2.51. The number of alkyl halides is 3. The molecule has 0 aliphatic carbocycles. The van der Waals surface area contributed by atoms with Crippen molar-refractivity contribution in [3.63, 3.8) is 0 Å². The molecule has 0 bridgehead atoms. The molecule has 0 aliphatic heterocycles. The van der Waals surface area contributed by atoms with Crippen LogP contribution >= 0.6 is 0 Å². The van der Waals surface area contributed by atoms with Gasteiger partial charge in [0.2, 0.25) is 0 Å². The van der Waals surface area contributed by atoms with Crippen molar-refractivity contribution in [3.05, 3.63) is 71.1 Å². The van der Waals surface area contributed by atoms with Gasteiger partial charge in [0.15, 0.2) is 11.3 Å². The minimum absolute atomic E-state index is 0.0593. The Labute approximate surface area is 237 Å². The van der Waals surface area contributed by atoms with E-state index in [1.807, 2.05) is 19.1 Å². The number of nitrogens with one attached hydrogen (secondary N) is 1. The quantitative estimate of drug-likeness (QED) is 0.211. The van der Waals surface area contributed by atoms with Crippen LogP contribution in [0.2, 0.25) is 0 Å². The fourth-order valence-corrected chi connectivity index (χ4v) is 4.46. The van der Waals surface area contributed by atoms with Crippen LogP contribution in [-0.4, -0.2) is 49.8 Å². The molecule has 8 nitrogen and oxygen atoms in total. The molecule has 0 saturated carbocycles. The summed E-state index contributed by atoms with van der Waals surface area (Å²) >= 11 is 0. The molecule has 3 heterocycles. The summed E-state index contributed by atoms with van der Waals surface area (Å²) in [6.45, 7) is 9.58. The van der Waals surface area contributed by atoms with E-state index in [0.29, 0.717) is 49.5 Å². The maximum absolute atomic E-state index is 13.8. The van der Waals surface area contributed by atoms with E-state index in [0.717, 1.165) is 15.8 Å². The number of fused-ring (bicyclic) bond motifs is 1. The second-order valence-electron chi connectivity index (χ2n) is 10.9. The first-order valence-electron chi connectivity index (χ1n) is 13.3. The number of ether oxygens (including phenoxy) is 1. The van der Waals surface area contributed by atoms with Crippen LogP contribution < -0.4 is 5.32 Å². The van der Waals surface area contributed by atoms with Crippen molar-refractivity contribution < 1.29 is 22.7 Å². The maximum Gasteiger partial charge on any atom is 0.435 e. The largest absolute Gasteiger partial charge is 0.435 e. The molecule has 0 saturated heterocycles. The van der Waals surface area contributed by atoms with Gasteiger partial charge in [-0.15, -0.1) is 6.42 Å². The Balaban J connectivity index is 1.55. The smallest absolute Gasteiger partial charge is 0.379 e. The van der Waals surface area contributed by atoms with Crippen LogP contribution in [0, 0.1) is 17.8 Å². The number of imidazole rings is 1. The first kappa shape index (κ1) is 29.8. The second kappa shape index (κ2) is 12.1. The SMILES string of the molecule is C#CCn1cc(-c2cnc3c(Cc4ccc(C(=O)NCCOCC(C)(C)C)c(CC)c4)nccn23)c(C(F)(F)F)n1. The number of aryl methyl sites for hydroxylation is 1. The van der Waals surface area contributed by atoms with Crippen molar-refractivity contribution in [1.29, 1.82) is 0 Å². The van der Waals surface area contributed by atoms with Crippen LogP contribution in [0.25, 0.3) is 16.9 Å². The number of rotatable bonds is 10. The zero-order valence-electron chi connectivity index (χ0n) is 23.5. The molecule has 0 atom stereocenters. The van der Waals surface area contributed by atoms with Gasteiger partial charge in [0, 0.05) is 37.1 Å². The van der Waals surface area contributed by atoms with Crippen LogP contribution in [0.5, 0.6) is 0 Å². The average molecular weight is 567 g/mol. The number of hydrogen-bond donors (Lipinski definition) is 1. The Morgan fingerprint density at radius 2 is 1.98 bits per heavy atom. The van der Waals surface area contributed by atoms with Crippen LogP contribution in [0.4, 0.5) is 13.2 Å². The van der Waals surface area contributed by atoms with E-state index in [1.54, 1.807) is 16.7 Å². The molecule has 0 radical (unpaired) electrons. The molecule has 41 heavy (non-hydrogen) atoms. The van der Waals surface area contributed by atoms with Gasteiger partial charge < -0.3 is 10.1 Å². The number of amides is 1. The molecule has 1 N–H and O–H groups in total. The highest BCUT2D eigenvalue weighted by Gasteiger charge is 2.38. The van der Waals surface area contributed by atoms with Crippen molar-refractivity contribution in [1.82, 2.24) is 29.5 Å². The maximum atomic E-state index is 13.8. The third-order valence-corrected chi connectivity index (χ3v) is 6.29. The van der Waals surface area contributed by atoms with Crippen molar-refractivity contribution in [2.24, 2.45) is 5.41 Å². The molecule has 4 aromatic rings. The number of carbonyl (C=O) groups excluding carboxylic acids is 1. The Kier molecular flexibility index (Phi) is 8.83. The Bertz CT molecular complexity index is 1570. The van der Waals surface area contributed by atoms with E-state index < -0.39 is 11.9 Å². The van der Waals surface area contributed by atoms with Gasteiger partial charge >= 0.3 is 6.18 Å². The number of hydrogen-bond acceptors (Lipinski definition) is 5. The summed E-state index contributed by atoms with van der Waals surface area (Å²) in [4.78, 5) is 21.7. The van der Waals surface area contributed by atoms with Gasteiger partial charge in [-0.1, -0.05) is 45.7 Å². The molecule has 1 amide bonds. The molecular formula is C30H33F3N6O2. The summed E-state index contributed by atoms with van der Waals surface area (Å²) in [5, 5.41) is 6.56. The highest BCUT2D eigenvalue weighted by atomic mass is 19.4. The van der Waals surface area contributed by atoms with E-state index in [1.165, 1.54) is 18.6 Å². The first-order valence-corrected chi connectivity index (χ1v) is 13.3.